The van der Waals surface area contributed by atoms with E-state index in [1.807, 2.05) is 19.2 Å². The van der Waals surface area contributed by atoms with E-state index in [0.717, 1.165) is 31.0 Å². The van der Waals surface area contributed by atoms with Crippen LogP contribution < -0.4 is 4.90 Å². The minimum Gasteiger partial charge on any atom is -0.352 e. The highest BCUT2D eigenvalue weighted by molar-refractivity contribution is 6.28. The maximum atomic E-state index is 5.97. The lowest BCUT2D eigenvalue weighted by Crippen LogP contribution is -2.34. The van der Waals surface area contributed by atoms with Gasteiger partial charge in [0.1, 0.15) is 5.82 Å². The van der Waals surface area contributed by atoms with E-state index in [4.69, 9.17) is 11.6 Å². The van der Waals surface area contributed by atoms with Crippen LogP contribution in [0.4, 0.5) is 5.82 Å². The molecule has 21 heavy (non-hydrogen) atoms. The molecule has 0 saturated carbocycles. The van der Waals surface area contributed by atoms with Gasteiger partial charge in [0.15, 0.2) is 0 Å². The van der Waals surface area contributed by atoms with Crippen molar-refractivity contribution in [2.24, 2.45) is 0 Å². The first-order valence-electron chi connectivity index (χ1n) is 7.17. The predicted molar refractivity (Wildman–Crippen MR) is 83.8 cm³/mol. The Morgan fingerprint density at radius 1 is 1.24 bits per heavy atom. The van der Waals surface area contributed by atoms with Gasteiger partial charge < -0.3 is 4.90 Å². The van der Waals surface area contributed by atoms with E-state index in [0.29, 0.717) is 5.28 Å². The molecule has 3 rings (SSSR count). The summed E-state index contributed by atoms with van der Waals surface area (Å²) in [5.41, 5.74) is 3.50. The second kappa shape index (κ2) is 4.98. The fraction of sp³-hybridized carbons (Fsp3) is 0.533. The van der Waals surface area contributed by atoms with E-state index in [-0.39, 0.29) is 5.54 Å². The standard InChI is InChI=1S/C15H20ClN5/c1-10-7-13(19-14(16)18-10)20-6-5-12-11(9-20)8-17-21(12)15(2,3)4/h7-8H,5-6,9H2,1-4H3. The first-order chi connectivity index (χ1) is 9.84. The predicted octanol–water partition coefficient (Wildman–Crippen LogP) is 2.95. The summed E-state index contributed by atoms with van der Waals surface area (Å²) in [6.45, 7) is 10.2. The quantitative estimate of drug-likeness (QED) is 0.760. The lowest BCUT2D eigenvalue weighted by molar-refractivity contribution is 0.341. The Balaban J connectivity index is 1.90. The summed E-state index contributed by atoms with van der Waals surface area (Å²) in [7, 11) is 0. The maximum Gasteiger partial charge on any atom is 0.224 e. The SMILES string of the molecule is Cc1cc(N2CCc3c(cnn3C(C)(C)C)C2)nc(Cl)n1. The van der Waals surface area contributed by atoms with Gasteiger partial charge in [-0.15, -0.1) is 0 Å². The van der Waals surface area contributed by atoms with Crippen LogP contribution in [0.3, 0.4) is 0 Å². The molecule has 2 aromatic heterocycles. The molecule has 1 aliphatic heterocycles. The highest BCUT2D eigenvalue weighted by Gasteiger charge is 2.26. The molecule has 0 atom stereocenters. The molecule has 3 heterocycles. The molecule has 0 N–H and O–H groups in total. The van der Waals surface area contributed by atoms with Crippen molar-refractivity contribution >= 4 is 17.4 Å². The summed E-state index contributed by atoms with van der Waals surface area (Å²) in [5, 5.41) is 4.87. The van der Waals surface area contributed by atoms with Crippen LogP contribution in [-0.4, -0.2) is 26.3 Å². The monoisotopic (exact) mass is 305 g/mol. The zero-order chi connectivity index (χ0) is 15.2. The van der Waals surface area contributed by atoms with E-state index >= 15 is 0 Å². The van der Waals surface area contributed by atoms with Gasteiger partial charge in [0.05, 0.1) is 11.7 Å². The molecule has 2 aromatic rings. The van der Waals surface area contributed by atoms with Crippen LogP contribution in [0.2, 0.25) is 5.28 Å². The summed E-state index contributed by atoms with van der Waals surface area (Å²) >= 11 is 5.97. The summed E-state index contributed by atoms with van der Waals surface area (Å²) in [4.78, 5) is 10.7. The number of hydrogen-bond acceptors (Lipinski definition) is 4. The minimum absolute atomic E-state index is 0.0184. The molecule has 0 spiro atoms. The molecule has 5 nitrogen and oxygen atoms in total. The molecular weight excluding hydrogens is 286 g/mol. The Hall–Kier alpha value is -1.62. The van der Waals surface area contributed by atoms with Crippen molar-refractivity contribution in [3.63, 3.8) is 0 Å². The number of anilines is 1. The van der Waals surface area contributed by atoms with Gasteiger partial charge in [0.2, 0.25) is 5.28 Å². The largest absolute Gasteiger partial charge is 0.352 e. The van der Waals surface area contributed by atoms with Gasteiger partial charge >= 0.3 is 0 Å². The lowest BCUT2D eigenvalue weighted by Gasteiger charge is -2.30. The van der Waals surface area contributed by atoms with Crippen LogP contribution in [0.15, 0.2) is 12.3 Å². The highest BCUT2D eigenvalue weighted by atomic mass is 35.5. The Labute approximate surface area is 130 Å². The van der Waals surface area contributed by atoms with Gasteiger partial charge in [-0.3, -0.25) is 4.68 Å². The van der Waals surface area contributed by atoms with Crippen LogP contribution >= 0.6 is 11.6 Å². The Kier molecular flexibility index (Phi) is 3.40. The van der Waals surface area contributed by atoms with Gasteiger partial charge in [-0.25, -0.2) is 9.97 Å². The van der Waals surface area contributed by atoms with E-state index in [1.165, 1.54) is 11.3 Å². The molecule has 0 radical (unpaired) electrons. The van der Waals surface area contributed by atoms with Crippen LogP contribution in [-0.2, 0) is 18.5 Å². The van der Waals surface area contributed by atoms with Crippen LogP contribution in [0.1, 0.15) is 37.7 Å². The van der Waals surface area contributed by atoms with Crippen molar-refractivity contribution in [2.45, 2.75) is 46.2 Å². The van der Waals surface area contributed by atoms with Gasteiger partial charge in [-0.05, 0) is 39.3 Å². The molecule has 0 aliphatic carbocycles. The molecule has 112 valence electrons. The van der Waals surface area contributed by atoms with Crippen molar-refractivity contribution < 1.29 is 0 Å². The van der Waals surface area contributed by atoms with E-state index < -0.39 is 0 Å². The van der Waals surface area contributed by atoms with Gasteiger partial charge in [-0.2, -0.15) is 5.10 Å². The molecular formula is C15H20ClN5. The number of aryl methyl sites for hydroxylation is 1. The van der Waals surface area contributed by atoms with Crippen LogP contribution in [0.5, 0.6) is 0 Å². The first kappa shape index (κ1) is 14.3. The number of fused-ring (bicyclic) bond motifs is 1. The fourth-order valence-electron chi connectivity index (χ4n) is 2.78. The van der Waals surface area contributed by atoms with E-state index in [1.54, 1.807) is 0 Å². The fourth-order valence-corrected chi connectivity index (χ4v) is 3.00. The van der Waals surface area contributed by atoms with E-state index in [9.17, 15) is 0 Å². The minimum atomic E-state index is 0.0184. The third-order valence-corrected chi connectivity index (χ3v) is 3.88. The first-order valence-corrected chi connectivity index (χ1v) is 7.55. The van der Waals surface area contributed by atoms with Gasteiger partial charge in [0.25, 0.3) is 0 Å². The molecule has 0 aromatic carbocycles. The third-order valence-electron chi connectivity index (χ3n) is 3.71. The Bertz CT molecular complexity index is 651. The number of hydrogen-bond donors (Lipinski definition) is 0. The maximum absolute atomic E-state index is 5.97. The topological polar surface area (TPSA) is 46.8 Å². The molecule has 0 amide bonds. The summed E-state index contributed by atoms with van der Waals surface area (Å²) in [5.74, 6) is 0.890. The average Bonchev–Trinajstić information content (AvgIpc) is 2.80. The zero-order valence-corrected chi connectivity index (χ0v) is 13.6. The molecule has 1 aliphatic rings. The zero-order valence-electron chi connectivity index (χ0n) is 12.9. The third kappa shape index (κ3) is 2.75. The van der Waals surface area contributed by atoms with Crippen molar-refractivity contribution in [2.75, 3.05) is 11.4 Å². The van der Waals surface area contributed by atoms with Crippen molar-refractivity contribution in [1.29, 1.82) is 0 Å². The average molecular weight is 306 g/mol. The van der Waals surface area contributed by atoms with Crippen LogP contribution in [0, 0.1) is 6.92 Å². The molecule has 0 fully saturated rings. The van der Waals surface area contributed by atoms with Crippen molar-refractivity contribution in [1.82, 2.24) is 19.7 Å². The van der Waals surface area contributed by atoms with Gasteiger partial charge in [-0.1, -0.05) is 0 Å². The molecule has 6 heteroatoms. The number of halogens is 1. The lowest BCUT2D eigenvalue weighted by atomic mass is 10.0. The highest BCUT2D eigenvalue weighted by Crippen LogP contribution is 2.27. The van der Waals surface area contributed by atoms with Crippen molar-refractivity contribution in [3.8, 4) is 0 Å². The number of nitrogens with zero attached hydrogens (tertiary/aromatic N) is 5. The summed E-state index contributed by atoms with van der Waals surface area (Å²) in [6, 6.07) is 1.98. The molecule has 0 saturated heterocycles. The van der Waals surface area contributed by atoms with Crippen LogP contribution in [0.25, 0.3) is 0 Å². The Morgan fingerprint density at radius 3 is 2.67 bits per heavy atom. The second-order valence-corrected chi connectivity index (χ2v) is 6.85. The summed E-state index contributed by atoms with van der Waals surface area (Å²) < 4.78 is 2.14. The number of aromatic nitrogens is 4. The van der Waals surface area contributed by atoms with Gasteiger partial charge in [0, 0.05) is 42.5 Å². The van der Waals surface area contributed by atoms with E-state index in [2.05, 4.69) is 45.4 Å². The van der Waals surface area contributed by atoms with Crippen molar-refractivity contribution in [3.05, 3.63) is 34.5 Å². The molecule has 0 bridgehead atoms. The number of rotatable bonds is 1. The second-order valence-electron chi connectivity index (χ2n) is 6.51. The molecule has 0 unspecified atom stereocenters. The smallest absolute Gasteiger partial charge is 0.224 e. The normalized spacial score (nSPS) is 15.2. The summed E-state index contributed by atoms with van der Waals surface area (Å²) in [6.07, 6.45) is 2.94. The Morgan fingerprint density at radius 2 is 2.00 bits per heavy atom.